The lowest BCUT2D eigenvalue weighted by atomic mass is 9.94. The number of hydrogen-bond acceptors (Lipinski definition) is 2. The molecule has 18 heavy (non-hydrogen) atoms. The number of nitrogens with one attached hydrogen (secondary N) is 1. The largest absolute Gasteiger partial charge is 0.399 e. The van der Waals surface area contributed by atoms with Gasteiger partial charge in [-0.3, -0.25) is 4.79 Å². The van der Waals surface area contributed by atoms with Crippen LogP contribution in [-0.4, -0.2) is 11.9 Å². The van der Waals surface area contributed by atoms with Crippen LogP contribution in [0.3, 0.4) is 0 Å². The second-order valence-corrected chi connectivity index (χ2v) is 4.81. The molecule has 3 heteroatoms. The van der Waals surface area contributed by atoms with Crippen molar-refractivity contribution in [1.82, 2.24) is 5.32 Å². The third kappa shape index (κ3) is 2.19. The van der Waals surface area contributed by atoms with E-state index in [1.54, 1.807) is 0 Å². The topological polar surface area (TPSA) is 55.1 Å². The number of anilines is 1. The Morgan fingerprint density at radius 1 is 1.50 bits per heavy atom. The second-order valence-electron chi connectivity index (χ2n) is 4.81. The van der Waals surface area contributed by atoms with Crippen LogP contribution in [0.25, 0.3) is 0 Å². The van der Waals surface area contributed by atoms with Gasteiger partial charge in [-0.25, -0.2) is 0 Å². The Balaban J connectivity index is 2.15. The molecule has 1 unspecified atom stereocenters. The van der Waals surface area contributed by atoms with E-state index in [0.717, 1.165) is 24.8 Å². The monoisotopic (exact) mass is 242 g/mol. The highest BCUT2D eigenvalue weighted by Gasteiger charge is 2.51. The van der Waals surface area contributed by atoms with Crippen molar-refractivity contribution in [2.24, 2.45) is 0 Å². The number of carbonyl (C=O) groups excluding carboxylic acids is 1. The zero-order valence-corrected chi connectivity index (χ0v) is 10.6. The number of nitrogen functional groups attached to an aromatic ring is 1. The van der Waals surface area contributed by atoms with Crippen molar-refractivity contribution in [3.05, 3.63) is 29.8 Å². The zero-order chi connectivity index (χ0) is 13.2. The van der Waals surface area contributed by atoms with E-state index in [9.17, 15) is 4.79 Å². The molecule has 3 nitrogen and oxygen atoms in total. The van der Waals surface area contributed by atoms with E-state index in [2.05, 4.69) is 11.2 Å². The van der Waals surface area contributed by atoms with Gasteiger partial charge in [0.25, 0.3) is 0 Å². The van der Waals surface area contributed by atoms with E-state index in [0.29, 0.717) is 5.69 Å². The summed E-state index contributed by atoms with van der Waals surface area (Å²) in [5.41, 5.74) is 7.03. The highest BCUT2D eigenvalue weighted by Crippen LogP contribution is 2.48. The fraction of sp³-hybridized carbons (Fsp3) is 0.400. The number of amides is 1. The second kappa shape index (κ2) is 4.73. The first-order chi connectivity index (χ1) is 8.62. The molecule has 3 N–H and O–H groups in total. The fourth-order valence-electron chi connectivity index (χ4n) is 2.13. The third-order valence-electron chi connectivity index (χ3n) is 3.56. The predicted octanol–water partition coefficient (Wildman–Crippen LogP) is 1.83. The maximum atomic E-state index is 12.3. The number of carbonyl (C=O) groups is 1. The van der Waals surface area contributed by atoms with Crippen molar-refractivity contribution in [3.63, 3.8) is 0 Å². The van der Waals surface area contributed by atoms with E-state index in [-0.39, 0.29) is 17.4 Å². The minimum absolute atomic E-state index is 0.0390. The van der Waals surface area contributed by atoms with E-state index in [4.69, 9.17) is 12.2 Å². The van der Waals surface area contributed by atoms with Crippen LogP contribution >= 0.6 is 0 Å². The molecule has 1 atom stereocenters. The van der Waals surface area contributed by atoms with Gasteiger partial charge in [0.2, 0.25) is 5.91 Å². The molecule has 0 bridgehead atoms. The number of hydrogen-bond donors (Lipinski definition) is 2. The summed E-state index contributed by atoms with van der Waals surface area (Å²) in [5, 5.41) is 2.93. The Kier molecular flexibility index (Phi) is 3.29. The van der Waals surface area contributed by atoms with Crippen LogP contribution in [-0.2, 0) is 10.2 Å². The van der Waals surface area contributed by atoms with Crippen molar-refractivity contribution in [3.8, 4) is 12.3 Å². The molecular weight excluding hydrogens is 224 g/mol. The summed E-state index contributed by atoms with van der Waals surface area (Å²) in [7, 11) is 0. The quantitative estimate of drug-likeness (QED) is 0.625. The molecule has 0 aromatic heterocycles. The lowest BCUT2D eigenvalue weighted by Crippen LogP contribution is -2.40. The van der Waals surface area contributed by atoms with Crippen LogP contribution in [0.5, 0.6) is 0 Å². The summed E-state index contributed by atoms with van der Waals surface area (Å²) in [4.78, 5) is 12.3. The van der Waals surface area contributed by atoms with Gasteiger partial charge >= 0.3 is 0 Å². The number of nitrogens with two attached hydrogens (primary N) is 1. The first-order valence-electron chi connectivity index (χ1n) is 6.25. The standard InChI is InChI=1S/C15H18N2O/c1-3-13(4-2)17-14(18)15(9-10-15)11-5-7-12(16)8-6-11/h1,5-8,13H,4,9-10,16H2,2H3,(H,17,18). The van der Waals surface area contributed by atoms with E-state index in [1.807, 2.05) is 31.2 Å². The average molecular weight is 242 g/mol. The molecule has 1 amide bonds. The van der Waals surface area contributed by atoms with Crippen molar-refractivity contribution in [2.75, 3.05) is 5.73 Å². The van der Waals surface area contributed by atoms with Crippen molar-refractivity contribution < 1.29 is 4.79 Å². The first kappa shape index (κ1) is 12.5. The molecule has 0 saturated heterocycles. The molecule has 1 aromatic carbocycles. The SMILES string of the molecule is C#CC(CC)NC(=O)C1(c2ccc(N)cc2)CC1. The van der Waals surface area contributed by atoms with Crippen molar-refractivity contribution in [1.29, 1.82) is 0 Å². The summed E-state index contributed by atoms with van der Waals surface area (Å²) in [6.07, 6.45) is 7.88. The number of benzene rings is 1. The molecule has 2 rings (SSSR count). The molecule has 1 aromatic rings. The molecule has 1 fully saturated rings. The summed E-state index contributed by atoms with van der Waals surface area (Å²) in [6.45, 7) is 1.97. The highest BCUT2D eigenvalue weighted by molar-refractivity contribution is 5.91. The summed E-state index contributed by atoms with van der Waals surface area (Å²) in [6, 6.07) is 7.35. The molecular formula is C15H18N2O. The molecule has 0 radical (unpaired) electrons. The van der Waals surface area contributed by atoms with Gasteiger partial charge < -0.3 is 11.1 Å². The van der Waals surface area contributed by atoms with Crippen LogP contribution in [0.15, 0.2) is 24.3 Å². The molecule has 1 aliphatic carbocycles. The summed E-state index contributed by atoms with van der Waals surface area (Å²) >= 11 is 0. The highest BCUT2D eigenvalue weighted by atomic mass is 16.2. The van der Waals surface area contributed by atoms with E-state index >= 15 is 0 Å². The Bertz CT molecular complexity index is 480. The zero-order valence-electron chi connectivity index (χ0n) is 10.6. The van der Waals surface area contributed by atoms with Crippen molar-refractivity contribution >= 4 is 11.6 Å². The van der Waals surface area contributed by atoms with Gasteiger partial charge in [-0.05, 0) is 37.0 Å². The summed E-state index contributed by atoms with van der Waals surface area (Å²) in [5.74, 6) is 2.63. The molecule has 0 heterocycles. The van der Waals surface area contributed by atoms with Gasteiger partial charge in [-0.15, -0.1) is 6.42 Å². The van der Waals surface area contributed by atoms with E-state index < -0.39 is 0 Å². The van der Waals surface area contributed by atoms with Gasteiger partial charge in [0.15, 0.2) is 0 Å². The Morgan fingerprint density at radius 3 is 2.56 bits per heavy atom. The van der Waals surface area contributed by atoms with Gasteiger partial charge in [0, 0.05) is 5.69 Å². The molecule has 1 aliphatic rings. The van der Waals surface area contributed by atoms with Gasteiger partial charge in [-0.2, -0.15) is 0 Å². The average Bonchev–Trinajstić information content (AvgIpc) is 3.18. The van der Waals surface area contributed by atoms with Gasteiger partial charge in [0.1, 0.15) is 0 Å². The first-order valence-corrected chi connectivity index (χ1v) is 6.25. The fourth-order valence-corrected chi connectivity index (χ4v) is 2.13. The Hall–Kier alpha value is -1.95. The molecule has 1 saturated carbocycles. The molecule has 94 valence electrons. The number of rotatable bonds is 4. The smallest absolute Gasteiger partial charge is 0.231 e. The van der Waals surface area contributed by atoms with Crippen LogP contribution < -0.4 is 11.1 Å². The maximum Gasteiger partial charge on any atom is 0.231 e. The minimum atomic E-state index is -0.377. The van der Waals surface area contributed by atoms with Crippen LogP contribution in [0.2, 0.25) is 0 Å². The van der Waals surface area contributed by atoms with Crippen LogP contribution in [0, 0.1) is 12.3 Å². The molecule has 0 aliphatic heterocycles. The third-order valence-corrected chi connectivity index (χ3v) is 3.56. The minimum Gasteiger partial charge on any atom is -0.399 e. The van der Waals surface area contributed by atoms with Crippen molar-refractivity contribution in [2.45, 2.75) is 37.6 Å². The lowest BCUT2D eigenvalue weighted by molar-refractivity contribution is -0.124. The Morgan fingerprint density at radius 2 is 2.11 bits per heavy atom. The van der Waals surface area contributed by atoms with Crippen LogP contribution in [0.4, 0.5) is 5.69 Å². The lowest BCUT2D eigenvalue weighted by Gasteiger charge is -2.18. The molecule has 0 spiro atoms. The maximum absolute atomic E-state index is 12.3. The predicted molar refractivity (Wildman–Crippen MR) is 72.8 cm³/mol. The summed E-state index contributed by atoms with van der Waals surface area (Å²) < 4.78 is 0. The normalized spacial score (nSPS) is 17.6. The van der Waals surface area contributed by atoms with Crippen LogP contribution in [0.1, 0.15) is 31.7 Å². The number of terminal acetylenes is 1. The van der Waals surface area contributed by atoms with Gasteiger partial charge in [-0.1, -0.05) is 25.0 Å². The van der Waals surface area contributed by atoms with E-state index in [1.165, 1.54) is 0 Å². The Labute approximate surface area is 108 Å². The van der Waals surface area contributed by atoms with Gasteiger partial charge in [0.05, 0.1) is 11.5 Å².